The maximum atomic E-state index is 6.45. The first-order valence-corrected chi connectivity index (χ1v) is 8.12. The number of ether oxygens (including phenoxy) is 1. The van der Waals surface area contributed by atoms with Gasteiger partial charge in [0.1, 0.15) is 5.75 Å². The fourth-order valence-electron chi connectivity index (χ4n) is 2.64. The second-order valence-electron chi connectivity index (χ2n) is 4.84. The summed E-state index contributed by atoms with van der Waals surface area (Å²) in [5.41, 5.74) is 7.71. The Morgan fingerprint density at radius 3 is 3.00 bits per heavy atom. The Kier molecular flexibility index (Phi) is 3.91. The van der Waals surface area contributed by atoms with E-state index >= 15 is 0 Å². The zero-order valence-corrected chi connectivity index (χ0v) is 12.9. The van der Waals surface area contributed by atoms with E-state index in [9.17, 15) is 0 Å². The van der Waals surface area contributed by atoms with Gasteiger partial charge in [-0.2, -0.15) is 0 Å². The van der Waals surface area contributed by atoms with Crippen LogP contribution in [0, 0.1) is 0 Å². The maximum absolute atomic E-state index is 6.45. The fourth-order valence-corrected chi connectivity index (χ4v) is 4.23. The zero-order valence-electron chi connectivity index (χ0n) is 10.5. The van der Waals surface area contributed by atoms with Gasteiger partial charge in [0, 0.05) is 21.3 Å². The quantitative estimate of drug-likeness (QED) is 0.920. The van der Waals surface area contributed by atoms with E-state index in [0.717, 1.165) is 25.2 Å². The van der Waals surface area contributed by atoms with Gasteiger partial charge < -0.3 is 10.5 Å². The van der Waals surface area contributed by atoms with E-state index in [-0.39, 0.29) is 6.04 Å². The van der Waals surface area contributed by atoms with Crippen molar-refractivity contribution in [2.45, 2.75) is 24.8 Å². The molecular formula is C15H16BrNOS. The van der Waals surface area contributed by atoms with Gasteiger partial charge in [-0.05, 0) is 51.8 Å². The van der Waals surface area contributed by atoms with E-state index in [1.165, 1.54) is 14.9 Å². The van der Waals surface area contributed by atoms with Crippen LogP contribution in [-0.2, 0) is 6.42 Å². The highest BCUT2D eigenvalue weighted by Crippen LogP contribution is 2.36. The lowest BCUT2D eigenvalue weighted by Gasteiger charge is -2.30. The fraction of sp³-hybridized carbons (Fsp3) is 0.333. The summed E-state index contributed by atoms with van der Waals surface area (Å²) in [7, 11) is 0. The monoisotopic (exact) mass is 337 g/mol. The van der Waals surface area contributed by atoms with Gasteiger partial charge in [0.05, 0.1) is 6.61 Å². The lowest BCUT2D eigenvalue weighted by Crippen LogP contribution is -2.33. The van der Waals surface area contributed by atoms with E-state index in [1.807, 2.05) is 12.1 Å². The summed E-state index contributed by atoms with van der Waals surface area (Å²) in [5, 5.41) is 2.10. The number of hydrogen-bond donors (Lipinski definition) is 1. The summed E-state index contributed by atoms with van der Waals surface area (Å²) in [6, 6.07) is 10.5. The van der Waals surface area contributed by atoms with Gasteiger partial charge in [-0.25, -0.2) is 0 Å². The third kappa shape index (κ3) is 2.71. The van der Waals surface area contributed by atoms with Gasteiger partial charge in [0.15, 0.2) is 0 Å². The Balaban J connectivity index is 1.81. The second-order valence-corrected chi connectivity index (χ2v) is 6.70. The van der Waals surface area contributed by atoms with Crippen LogP contribution < -0.4 is 10.5 Å². The first-order valence-electron chi connectivity index (χ1n) is 6.45. The van der Waals surface area contributed by atoms with Crippen LogP contribution >= 0.6 is 27.3 Å². The lowest BCUT2D eigenvalue weighted by molar-refractivity contribution is 0.255. The summed E-state index contributed by atoms with van der Waals surface area (Å²) in [6.45, 7) is 0.765. The highest BCUT2D eigenvalue weighted by molar-refractivity contribution is 9.10. The molecule has 1 aromatic carbocycles. The molecule has 0 amide bonds. The molecule has 1 aliphatic heterocycles. The molecule has 2 heterocycles. The molecule has 2 aromatic rings. The molecule has 2 unspecified atom stereocenters. The van der Waals surface area contributed by atoms with Crippen molar-refractivity contribution < 1.29 is 4.74 Å². The molecule has 0 aliphatic carbocycles. The van der Waals surface area contributed by atoms with Crippen molar-refractivity contribution in [3.63, 3.8) is 0 Å². The van der Waals surface area contributed by atoms with Crippen LogP contribution in [0.2, 0.25) is 0 Å². The normalized spacial score (nSPS) is 19.6. The molecule has 2 nitrogen and oxygen atoms in total. The smallest absolute Gasteiger partial charge is 0.122 e. The molecule has 0 bridgehead atoms. The van der Waals surface area contributed by atoms with Gasteiger partial charge in [0.25, 0.3) is 0 Å². The molecular weight excluding hydrogens is 322 g/mol. The molecule has 2 N–H and O–H groups in total. The summed E-state index contributed by atoms with van der Waals surface area (Å²) >= 11 is 5.35. The van der Waals surface area contributed by atoms with Crippen molar-refractivity contribution in [1.29, 1.82) is 0 Å². The van der Waals surface area contributed by atoms with Crippen molar-refractivity contribution in [3.05, 3.63) is 50.6 Å². The number of thiophene rings is 1. The Morgan fingerprint density at radius 2 is 2.21 bits per heavy atom. The van der Waals surface area contributed by atoms with Crippen LogP contribution in [0.5, 0.6) is 5.75 Å². The molecule has 4 heteroatoms. The van der Waals surface area contributed by atoms with Crippen molar-refractivity contribution in [2.24, 2.45) is 5.73 Å². The average molecular weight is 338 g/mol. The third-order valence-corrected chi connectivity index (χ3v) is 5.58. The number of nitrogens with two attached hydrogens (primary N) is 1. The molecule has 0 fully saturated rings. The van der Waals surface area contributed by atoms with Gasteiger partial charge in [-0.15, -0.1) is 11.3 Å². The van der Waals surface area contributed by atoms with Crippen LogP contribution in [0.15, 0.2) is 40.2 Å². The molecule has 1 aliphatic rings. The van der Waals surface area contributed by atoms with Crippen LogP contribution in [0.3, 0.4) is 0 Å². The van der Waals surface area contributed by atoms with Gasteiger partial charge in [-0.1, -0.05) is 18.2 Å². The first kappa shape index (κ1) is 13.2. The minimum atomic E-state index is 0.139. The maximum Gasteiger partial charge on any atom is 0.122 e. The van der Waals surface area contributed by atoms with Crippen LogP contribution in [0.4, 0.5) is 0 Å². The van der Waals surface area contributed by atoms with E-state index in [2.05, 4.69) is 39.5 Å². The van der Waals surface area contributed by atoms with Crippen molar-refractivity contribution >= 4 is 27.3 Å². The topological polar surface area (TPSA) is 35.2 Å². The number of benzene rings is 1. The van der Waals surface area contributed by atoms with Crippen LogP contribution in [0.1, 0.15) is 22.8 Å². The Labute approximate surface area is 125 Å². The van der Waals surface area contributed by atoms with Crippen LogP contribution in [0.25, 0.3) is 0 Å². The van der Waals surface area contributed by atoms with Crippen molar-refractivity contribution in [1.82, 2.24) is 0 Å². The number of fused-ring (bicyclic) bond motifs is 1. The van der Waals surface area contributed by atoms with E-state index in [0.29, 0.717) is 5.92 Å². The molecule has 0 radical (unpaired) electrons. The number of rotatable bonds is 3. The first-order chi connectivity index (χ1) is 9.25. The molecule has 2 atom stereocenters. The highest BCUT2D eigenvalue weighted by atomic mass is 79.9. The molecule has 100 valence electrons. The molecule has 0 saturated heterocycles. The number of para-hydroxylation sites is 1. The molecule has 1 aromatic heterocycles. The number of halogens is 1. The molecule has 0 spiro atoms. The molecule has 19 heavy (non-hydrogen) atoms. The van der Waals surface area contributed by atoms with E-state index in [1.54, 1.807) is 11.3 Å². The summed E-state index contributed by atoms with van der Waals surface area (Å²) in [6.07, 6.45) is 1.92. The van der Waals surface area contributed by atoms with Crippen molar-refractivity contribution in [2.75, 3.05) is 6.61 Å². The largest absolute Gasteiger partial charge is 0.493 e. The SMILES string of the molecule is NC(Cc1sccc1Br)C1CCOc2ccccc21. The lowest BCUT2D eigenvalue weighted by atomic mass is 9.85. The molecule has 0 saturated carbocycles. The van der Waals surface area contributed by atoms with E-state index in [4.69, 9.17) is 10.5 Å². The minimum Gasteiger partial charge on any atom is -0.493 e. The highest BCUT2D eigenvalue weighted by Gasteiger charge is 2.27. The predicted molar refractivity (Wildman–Crippen MR) is 83.0 cm³/mol. The summed E-state index contributed by atoms with van der Waals surface area (Å²) < 4.78 is 6.87. The Bertz CT molecular complexity index is 569. The Morgan fingerprint density at radius 1 is 1.37 bits per heavy atom. The van der Waals surface area contributed by atoms with Gasteiger partial charge in [-0.3, -0.25) is 0 Å². The third-order valence-electron chi connectivity index (χ3n) is 3.63. The summed E-state index contributed by atoms with van der Waals surface area (Å²) in [5.74, 6) is 1.39. The zero-order chi connectivity index (χ0) is 13.2. The van der Waals surface area contributed by atoms with Crippen LogP contribution in [-0.4, -0.2) is 12.6 Å². The standard InChI is InChI=1S/C15H16BrNOS/c16-12-6-8-19-15(12)9-13(17)10-5-7-18-14-4-2-1-3-11(10)14/h1-4,6,8,10,13H,5,7,9,17H2. The number of hydrogen-bond acceptors (Lipinski definition) is 3. The van der Waals surface area contributed by atoms with E-state index < -0.39 is 0 Å². The van der Waals surface area contributed by atoms with Gasteiger partial charge >= 0.3 is 0 Å². The second kappa shape index (κ2) is 5.65. The predicted octanol–water partition coefficient (Wildman–Crippen LogP) is 3.95. The van der Waals surface area contributed by atoms with Crippen molar-refractivity contribution in [3.8, 4) is 5.75 Å². The summed E-state index contributed by atoms with van der Waals surface area (Å²) in [4.78, 5) is 1.33. The Hall–Kier alpha value is -0.840. The minimum absolute atomic E-state index is 0.139. The van der Waals surface area contributed by atoms with Gasteiger partial charge in [0.2, 0.25) is 0 Å². The average Bonchev–Trinajstić information content (AvgIpc) is 2.83. The molecule has 3 rings (SSSR count).